The summed E-state index contributed by atoms with van der Waals surface area (Å²) < 4.78 is 11.3. The lowest BCUT2D eigenvalue weighted by Gasteiger charge is -2.40. The molecule has 0 bridgehead atoms. The van der Waals surface area contributed by atoms with E-state index in [1.807, 2.05) is 0 Å². The number of phenols is 3. The zero-order valence-corrected chi connectivity index (χ0v) is 15.9. The Morgan fingerprint density at radius 1 is 0.871 bits per heavy atom. The predicted molar refractivity (Wildman–Crippen MR) is 106 cm³/mol. The normalized spacial score (nSPS) is 26.3. The highest BCUT2D eigenvalue weighted by Crippen LogP contribution is 2.43. The van der Waals surface area contributed by atoms with Gasteiger partial charge in [-0.2, -0.15) is 0 Å². The Bertz CT molecular complexity index is 1170. The fourth-order valence-electron chi connectivity index (χ4n) is 3.70. The molecule has 0 aliphatic carbocycles. The molecule has 164 valence electrons. The molecule has 7 N–H and O–H groups in total. The minimum atomic E-state index is -1.75. The average molecular weight is 432 g/mol. The van der Waals surface area contributed by atoms with Crippen LogP contribution in [0.25, 0.3) is 22.3 Å². The molecule has 1 fully saturated rings. The molecule has 0 spiro atoms. The second-order valence-corrected chi connectivity index (χ2v) is 7.30. The van der Waals surface area contributed by atoms with E-state index in [4.69, 9.17) is 9.15 Å². The minimum absolute atomic E-state index is 0.0100. The van der Waals surface area contributed by atoms with Gasteiger partial charge in [-0.25, -0.2) is 0 Å². The number of rotatable bonds is 3. The van der Waals surface area contributed by atoms with Gasteiger partial charge in [0.2, 0.25) is 0 Å². The van der Waals surface area contributed by atoms with Gasteiger partial charge in [0, 0.05) is 17.7 Å². The lowest BCUT2D eigenvalue weighted by molar-refractivity contribution is -0.231. The Morgan fingerprint density at radius 2 is 1.55 bits per heavy atom. The molecule has 2 aromatic carbocycles. The second-order valence-electron chi connectivity index (χ2n) is 7.30. The summed E-state index contributed by atoms with van der Waals surface area (Å²) >= 11 is 0. The summed E-state index contributed by atoms with van der Waals surface area (Å²) in [7, 11) is 0. The fraction of sp³-hybridized carbons (Fsp3) is 0.286. The van der Waals surface area contributed by atoms with Crippen LogP contribution in [0.1, 0.15) is 11.7 Å². The van der Waals surface area contributed by atoms with Crippen LogP contribution in [0.4, 0.5) is 0 Å². The van der Waals surface area contributed by atoms with Crippen LogP contribution in [-0.4, -0.2) is 66.8 Å². The summed E-state index contributed by atoms with van der Waals surface area (Å²) in [6, 6.07) is 7.69. The molecule has 2 heterocycles. The predicted octanol–water partition coefficient (Wildman–Crippen LogP) is 0.0917. The van der Waals surface area contributed by atoms with E-state index in [0.29, 0.717) is 5.56 Å². The van der Waals surface area contributed by atoms with Crippen molar-refractivity contribution in [3.63, 3.8) is 0 Å². The van der Waals surface area contributed by atoms with Crippen LogP contribution < -0.4 is 5.43 Å². The van der Waals surface area contributed by atoms with Crippen molar-refractivity contribution in [2.75, 3.05) is 6.61 Å². The van der Waals surface area contributed by atoms with E-state index < -0.39 is 54.1 Å². The Hall–Kier alpha value is -3.15. The highest BCUT2D eigenvalue weighted by Gasteiger charge is 2.46. The van der Waals surface area contributed by atoms with Gasteiger partial charge in [-0.05, 0) is 24.3 Å². The summed E-state index contributed by atoms with van der Waals surface area (Å²) in [5, 5.41) is 70.0. The van der Waals surface area contributed by atoms with Gasteiger partial charge < -0.3 is 44.9 Å². The Morgan fingerprint density at radius 3 is 2.19 bits per heavy atom. The summed E-state index contributed by atoms with van der Waals surface area (Å²) in [5.74, 6) is -1.15. The smallest absolute Gasteiger partial charge is 0.197 e. The van der Waals surface area contributed by atoms with Crippen LogP contribution in [0.3, 0.4) is 0 Å². The second kappa shape index (κ2) is 7.84. The van der Waals surface area contributed by atoms with Gasteiger partial charge in [-0.1, -0.05) is 0 Å². The van der Waals surface area contributed by atoms with Crippen molar-refractivity contribution in [1.82, 2.24) is 0 Å². The number of aliphatic hydroxyl groups is 4. The van der Waals surface area contributed by atoms with Crippen LogP contribution in [-0.2, 0) is 4.74 Å². The molecule has 10 nitrogen and oxygen atoms in total. The largest absolute Gasteiger partial charge is 0.508 e. The molecule has 0 radical (unpaired) electrons. The number of phenolic OH excluding ortho intramolecular Hbond substituents is 3. The van der Waals surface area contributed by atoms with Crippen LogP contribution >= 0.6 is 0 Å². The van der Waals surface area contributed by atoms with E-state index in [1.165, 1.54) is 24.3 Å². The minimum Gasteiger partial charge on any atom is -0.508 e. The maximum Gasteiger partial charge on any atom is 0.197 e. The SMILES string of the molecule is O=c1cc(-c2ccc(O)cc2)oc2c([C@H]3O[C@@H](CO)[C@@H](O)[C@@H](O)[C@H]3O)c(O)cc(O)c12. The number of ether oxygens (including phenoxy) is 1. The number of fused-ring (bicyclic) bond motifs is 1. The molecule has 1 saturated heterocycles. The molecule has 5 atom stereocenters. The van der Waals surface area contributed by atoms with Crippen molar-refractivity contribution in [3.8, 4) is 28.6 Å². The molecule has 1 aliphatic heterocycles. The zero-order chi connectivity index (χ0) is 22.4. The topological polar surface area (TPSA) is 181 Å². The van der Waals surface area contributed by atoms with Gasteiger partial charge in [-0.3, -0.25) is 4.79 Å². The first-order valence-corrected chi connectivity index (χ1v) is 9.35. The number of hydrogen-bond donors (Lipinski definition) is 7. The van der Waals surface area contributed by atoms with E-state index in [-0.39, 0.29) is 28.0 Å². The third kappa shape index (κ3) is 3.50. The third-order valence-electron chi connectivity index (χ3n) is 5.33. The van der Waals surface area contributed by atoms with Crippen molar-refractivity contribution in [2.45, 2.75) is 30.5 Å². The molecule has 1 aromatic heterocycles. The van der Waals surface area contributed by atoms with Gasteiger partial charge in [0.15, 0.2) is 11.0 Å². The maximum atomic E-state index is 12.7. The molecule has 10 heteroatoms. The molecule has 0 amide bonds. The van der Waals surface area contributed by atoms with Gasteiger partial charge in [0.05, 0.1) is 12.2 Å². The van der Waals surface area contributed by atoms with Gasteiger partial charge in [0.25, 0.3) is 0 Å². The molecule has 4 rings (SSSR count). The highest BCUT2D eigenvalue weighted by molar-refractivity contribution is 5.89. The number of benzene rings is 2. The molecule has 1 aliphatic rings. The summed E-state index contributed by atoms with van der Waals surface area (Å²) in [4.78, 5) is 12.7. The first-order chi connectivity index (χ1) is 14.7. The Balaban J connectivity index is 1.96. The van der Waals surface area contributed by atoms with E-state index in [9.17, 15) is 40.5 Å². The molecule has 31 heavy (non-hydrogen) atoms. The van der Waals surface area contributed by atoms with Crippen molar-refractivity contribution in [3.05, 3.63) is 52.2 Å². The van der Waals surface area contributed by atoms with Crippen LogP contribution in [0, 0.1) is 0 Å². The molecule has 0 saturated carbocycles. The monoisotopic (exact) mass is 432 g/mol. The summed E-state index contributed by atoms with van der Waals surface area (Å²) in [5.41, 5.74) is -0.813. The van der Waals surface area contributed by atoms with Gasteiger partial charge >= 0.3 is 0 Å². The van der Waals surface area contributed by atoms with E-state index in [2.05, 4.69) is 0 Å². The third-order valence-corrected chi connectivity index (χ3v) is 5.33. The fourth-order valence-corrected chi connectivity index (χ4v) is 3.70. The van der Waals surface area contributed by atoms with Gasteiger partial charge in [0.1, 0.15) is 58.9 Å². The molecule has 3 aromatic rings. The highest BCUT2D eigenvalue weighted by atomic mass is 16.5. The van der Waals surface area contributed by atoms with Crippen molar-refractivity contribution < 1.29 is 44.9 Å². The van der Waals surface area contributed by atoms with E-state index in [0.717, 1.165) is 12.1 Å². The van der Waals surface area contributed by atoms with Crippen LogP contribution in [0.2, 0.25) is 0 Å². The molecule has 0 unspecified atom stereocenters. The van der Waals surface area contributed by atoms with Crippen molar-refractivity contribution in [2.24, 2.45) is 0 Å². The Kier molecular flexibility index (Phi) is 5.33. The Labute approximate surface area is 174 Å². The maximum absolute atomic E-state index is 12.7. The van der Waals surface area contributed by atoms with Crippen LogP contribution in [0.5, 0.6) is 17.2 Å². The van der Waals surface area contributed by atoms with Gasteiger partial charge in [-0.15, -0.1) is 0 Å². The lowest BCUT2D eigenvalue weighted by atomic mass is 9.89. The number of hydrogen-bond acceptors (Lipinski definition) is 10. The number of aliphatic hydroxyl groups excluding tert-OH is 4. The molecular formula is C21H20O10. The molecular weight excluding hydrogens is 412 g/mol. The average Bonchev–Trinajstić information content (AvgIpc) is 2.73. The first-order valence-electron chi connectivity index (χ1n) is 9.35. The standard InChI is InChI=1S/C21H20O10/c22-7-14-17(27)18(28)19(29)21(31-14)16-11(25)5-10(24)15-12(26)6-13(30-20(15)16)8-1-3-9(23)4-2-8/h1-6,14,17-19,21-25,27-29H,7H2/t14-,17+,18+,19+,21+/m0/s1. The van der Waals surface area contributed by atoms with E-state index >= 15 is 0 Å². The zero-order valence-electron chi connectivity index (χ0n) is 15.9. The lowest BCUT2D eigenvalue weighted by Crippen LogP contribution is -2.55. The number of aromatic hydroxyl groups is 3. The van der Waals surface area contributed by atoms with Crippen molar-refractivity contribution >= 4 is 11.0 Å². The van der Waals surface area contributed by atoms with E-state index in [1.54, 1.807) is 0 Å². The quantitative estimate of drug-likeness (QED) is 0.300. The summed E-state index contributed by atoms with van der Waals surface area (Å²) in [6.45, 7) is -0.694. The first kappa shape index (κ1) is 21.1. The van der Waals surface area contributed by atoms with Crippen molar-refractivity contribution in [1.29, 1.82) is 0 Å². The van der Waals surface area contributed by atoms with Crippen LogP contribution in [0.15, 0.2) is 45.6 Å². The summed E-state index contributed by atoms with van der Waals surface area (Å²) in [6.07, 6.45) is -7.87.